The predicted molar refractivity (Wildman–Crippen MR) is 97.3 cm³/mol. The Morgan fingerprint density at radius 3 is 1.91 bits per heavy atom. The molecular weight excluding hydrogens is 305 g/mol. The van der Waals surface area contributed by atoms with Crippen molar-refractivity contribution in [2.75, 3.05) is 0 Å². The largest absolute Gasteiger partial charge is 0.298 e. The maximum atomic E-state index is 14.3. The van der Waals surface area contributed by atoms with Crippen LogP contribution in [0.2, 0.25) is 0 Å². The molecule has 0 fully saturated rings. The molecule has 0 unspecified atom stereocenters. The molecule has 0 radical (unpaired) electrons. The second-order valence-corrected chi connectivity index (χ2v) is 8.77. The molecule has 0 saturated heterocycles. The fourth-order valence-corrected chi connectivity index (χ4v) is 6.57. The Balaban J connectivity index is 2.80. The quantitative estimate of drug-likeness (QED) is 0.597. The van der Waals surface area contributed by atoms with Gasteiger partial charge in [-0.2, -0.15) is 0 Å². The van der Waals surface area contributed by atoms with E-state index in [1.807, 2.05) is 74.8 Å². The molecule has 0 spiro atoms. The first-order valence-electron chi connectivity index (χ1n) is 7.92. The summed E-state index contributed by atoms with van der Waals surface area (Å²) in [6, 6.07) is 16.8. The summed E-state index contributed by atoms with van der Waals surface area (Å²) in [6.07, 6.45) is 0.795. The van der Waals surface area contributed by atoms with E-state index in [-0.39, 0.29) is 12.1 Å². The van der Waals surface area contributed by atoms with E-state index in [1.165, 1.54) is 0 Å². The van der Waals surface area contributed by atoms with Gasteiger partial charge >= 0.3 is 0 Å². The minimum absolute atomic E-state index is 0.0840. The van der Waals surface area contributed by atoms with Crippen molar-refractivity contribution in [1.82, 2.24) is 4.67 Å². The molecule has 0 amide bonds. The Morgan fingerprint density at radius 2 is 1.39 bits per heavy atom. The average Bonchev–Trinajstić information content (AvgIpc) is 2.54. The van der Waals surface area contributed by atoms with E-state index >= 15 is 0 Å². The van der Waals surface area contributed by atoms with Gasteiger partial charge < -0.3 is 0 Å². The zero-order valence-electron chi connectivity index (χ0n) is 14.1. The number of nitrogens with zero attached hydrogens (tertiary/aromatic N) is 1. The van der Waals surface area contributed by atoms with Gasteiger partial charge in [0, 0.05) is 28.3 Å². The Labute approximate surface area is 138 Å². The molecule has 23 heavy (non-hydrogen) atoms. The van der Waals surface area contributed by atoms with Crippen molar-refractivity contribution in [1.29, 1.82) is 0 Å². The first kappa shape index (κ1) is 17.7. The smallest absolute Gasteiger partial charge is 0.208 e. The summed E-state index contributed by atoms with van der Waals surface area (Å²) >= 11 is 0. The predicted octanol–water partition coefficient (Wildman–Crippen LogP) is 3.85. The second-order valence-electron chi connectivity index (χ2n) is 6.16. The van der Waals surface area contributed by atoms with Crippen LogP contribution in [-0.4, -0.2) is 23.0 Å². The molecule has 3 nitrogen and oxygen atoms in total. The van der Waals surface area contributed by atoms with Gasteiger partial charge in [0.05, 0.1) is 0 Å². The average molecular weight is 329 g/mol. The molecule has 2 rings (SSSR count). The summed E-state index contributed by atoms with van der Waals surface area (Å²) in [5, 5.41) is 1.38. The molecule has 0 aliphatic carbocycles. The fraction of sp³-hybridized carbons (Fsp3) is 0.316. The fourth-order valence-electron chi connectivity index (χ4n) is 3.14. The zero-order valence-corrected chi connectivity index (χ0v) is 15.0. The highest BCUT2D eigenvalue weighted by Gasteiger charge is 2.39. The maximum absolute atomic E-state index is 14.3. The van der Waals surface area contributed by atoms with E-state index in [4.69, 9.17) is 0 Å². The number of carbonyl (C=O) groups is 1. The van der Waals surface area contributed by atoms with Gasteiger partial charge in [-0.25, -0.2) is 4.67 Å². The van der Waals surface area contributed by atoms with Crippen molar-refractivity contribution in [3.05, 3.63) is 60.2 Å². The Kier molecular flexibility index (Phi) is 5.56. The van der Waals surface area contributed by atoms with Crippen LogP contribution in [0, 0.1) is 0 Å². The van der Waals surface area contributed by atoms with E-state index in [2.05, 4.69) is 0 Å². The van der Waals surface area contributed by atoms with Crippen LogP contribution in [0.1, 0.15) is 38.1 Å². The van der Waals surface area contributed by atoms with Crippen LogP contribution in [0.4, 0.5) is 0 Å². The third-order valence-corrected chi connectivity index (χ3v) is 7.51. The Morgan fingerprint density at radius 1 is 0.870 bits per heavy atom. The highest BCUT2D eigenvalue weighted by atomic mass is 31.2. The first-order valence-corrected chi connectivity index (χ1v) is 9.58. The molecular formula is C19H24NO2P. The third-order valence-electron chi connectivity index (χ3n) is 3.88. The van der Waals surface area contributed by atoms with E-state index in [0.717, 1.165) is 11.6 Å². The minimum Gasteiger partial charge on any atom is -0.298 e. The lowest BCUT2D eigenvalue weighted by atomic mass is 10.2. The summed E-state index contributed by atoms with van der Waals surface area (Å²) in [7, 11) is -3.10. The van der Waals surface area contributed by atoms with Crippen LogP contribution >= 0.6 is 7.29 Å². The molecule has 0 aromatic heterocycles. The van der Waals surface area contributed by atoms with Crippen molar-refractivity contribution >= 4 is 24.2 Å². The number of rotatable bonds is 6. The summed E-state index contributed by atoms with van der Waals surface area (Å²) in [5.74, 6) is 0. The van der Waals surface area contributed by atoms with Gasteiger partial charge in [-0.15, -0.1) is 0 Å². The van der Waals surface area contributed by atoms with Crippen molar-refractivity contribution < 1.29 is 9.36 Å². The molecule has 2 aromatic carbocycles. The van der Waals surface area contributed by atoms with Crippen LogP contribution in [0.15, 0.2) is 54.6 Å². The number of hydrogen-bond acceptors (Lipinski definition) is 2. The topological polar surface area (TPSA) is 37.4 Å². The Hall–Kier alpha value is -1.70. The molecule has 0 heterocycles. The lowest BCUT2D eigenvalue weighted by Crippen LogP contribution is -2.41. The number of aldehydes is 1. The van der Waals surface area contributed by atoms with Crippen LogP contribution in [0.5, 0.6) is 0 Å². The van der Waals surface area contributed by atoms with E-state index in [9.17, 15) is 9.36 Å². The number of benzene rings is 2. The molecule has 1 atom stereocenters. The number of carbonyl (C=O) groups excluding carboxylic acids is 1. The van der Waals surface area contributed by atoms with Gasteiger partial charge in [0.15, 0.2) is 6.29 Å². The van der Waals surface area contributed by atoms with Gasteiger partial charge in [0.25, 0.3) is 0 Å². The molecule has 0 saturated carbocycles. The van der Waals surface area contributed by atoms with Crippen molar-refractivity contribution in [3.8, 4) is 0 Å². The highest BCUT2D eigenvalue weighted by Crippen LogP contribution is 2.50. The molecule has 4 heteroatoms. The summed E-state index contributed by atoms with van der Waals surface area (Å²) in [6.45, 7) is 8.16. The molecule has 0 bridgehead atoms. The zero-order chi connectivity index (χ0) is 17.0. The third kappa shape index (κ3) is 3.31. The molecule has 2 aromatic rings. The molecule has 0 aliphatic heterocycles. The van der Waals surface area contributed by atoms with Crippen LogP contribution in [-0.2, 0) is 4.57 Å². The van der Waals surface area contributed by atoms with E-state index in [1.54, 1.807) is 12.1 Å². The van der Waals surface area contributed by atoms with Gasteiger partial charge in [-0.05, 0) is 45.9 Å². The highest BCUT2D eigenvalue weighted by molar-refractivity contribution is 7.76. The van der Waals surface area contributed by atoms with E-state index in [0.29, 0.717) is 10.9 Å². The summed E-state index contributed by atoms with van der Waals surface area (Å²) < 4.78 is 16.4. The number of hydrogen-bond donors (Lipinski definition) is 0. The van der Waals surface area contributed by atoms with Crippen LogP contribution in [0.3, 0.4) is 0 Å². The van der Waals surface area contributed by atoms with Crippen molar-refractivity contribution in [2.24, 2.45) is 0 Å². The lowest BCUT2D eigenvalue weighted by molar-refractivity contribution is 0.112. The second kappa shape index (κ2) is 7.25. The Bertz CT molecular complexity index is 702. The first-order chi connectivity index (χ1) is 10.9. The maximum Gasteiger partial charge on any atom is 0.208 e. The standard InChI is InChI=1S/C19H24NO2P/c1-15(2)20(16(3)4)23(22,18-11-6-5-7-12-18)19-13-9-8-10-17(19)14-21/h5-16H,1-4H3/t23-/m0/s1. The van der Waals surface area contributed by atoms with Gasteiger partial charge in [-0.1, -0.05) is 36.4 Å². The minimum atomic E-state index is -3.10. The van der Waals surface area contributed by atoms with Gasteiger partial charge in [-0.3, -0.25) is 9.36 Å². The SMILES string of the molecule is CC(C)N(C(C)C)[P@](=O)(c1ccccc1)c1ccccc1C=O. The van der Waals surface area contributed by atoms with E-state index < -0.39 is 7.29 Å². The molecule has 122 valence electrons. The monoisotopic (exact) mass is 329 g/mol. The normalized spacial score (nSPS) is 14.2. The van der Waals surface area contributed by atoms with Gasteiger partial charge in [0.2, 0.25) is 7.29 Å². The van der Waals surface area contributed by atoms with Crippen LogP contribution < -0.4 is 10.6 Å². The molecule has 0 aliphatic rings. The summed E-state index contributed by atoms with van der Waals surface area (Å²) in [4.78, 5) is 11.5. The lowest BCUT2D eigenvalue weighted by Gasteiger charge is -2.38. The summed E-state index contributed by atoms with van der Waals surface area (Å²) in [5.41, 5.74) is 0.492. The molecule has 0 N–H and O–H groups in total. The van der Waals surface area contributed by atoms with Crippen molar-refractivity contribution in [3.63, 3.8) is 0 Å². The van der Waals surface area contributed by atoms with Crippen LogP contribution in [0.25, 0.3) is 0 Å². The van der Waals surface area contributed by atoms with Gasteiger partial charge in [0.1, 0.15) is 0 Å². The van der Waals surface area contributed by atoms with Crippen molar-refractivity contribution in [2.45, 2.75) is 39.8 Å².